The van der Waals surface area contributed by atoms with Crippen LogP contribution in [0.2, 0.25) is 0 Å². The van der Waals surface area contributed by atoms with Gasteiger partial charge >= 0.3 is 0 Å². The minimum absolute atomic E-state index is 0.221. The van der Waals surface area contributed by atoms with Crippen LogP contribution in [0, 0.1) is 0 Å². The molecule has 0 saturated carbocycles. The molecular weight excluding hydrogens is 178 g/mol. The number of piperazine rings is 1. The number of carbonyl (C=O) groups excluding carboxylic acids is 1. The Morgan fingerprint density at radius 1 is 1.36 bits per heavy atom. The minimum atomic E-state index is 0.221. The third-order valence-corrected chi connectivity index (χ3v) is 2.38. The average molecular weight is 197 g/mol. The van der Waals surface area contributed by atoms with Gasteiger partial charge in [0.2, 0.25) is 5.91 Å². The molecular formula is C10H19N3O. The summed E-state index contributed by atoms with van der Waals surface area (Å²) in [4.78, 5) is 17.6. The molecule has 14 heavy (non-hydrogen) atoms. The van der Waals surface area contributed by atoms with E-state index in [2.05, 4.69) is 11.5 Å². The van der Waals surface area contributed by atoms with Crippen molar-refractivity contribution in [3.8, 4) is 0 Å². The first-order valence-electron chi connectivity index (χ1n) is 4.92. The molecule has 0 radical (unpaired) electrons. The maximum absolute atomic E-state index is 11.6. The highest BCUT2D eigenvalue weighted by Crippen LogP contribution is 2.02. The predicted molar refractivity (Wildman–Crippen MR) is 56.9 cm³/mol. The van der Waals surface area contributed by atoms with Gasteiger partial charge in [-0.3, -0.25) is 4.79 Å². The zero-order valence-electron chi connectivity index (χ0n) is 9.07. The van der Waals surface area contributed by atoms with E-state index in [1.54, 1.807) is 0 Å². The summed E-state index contributed by atoms with van der Waals surface area (Å²) in [5, 5.41) is 0. The lowest BCUT2D eigenvalue weighted by Crippen LogP contribution is -2.49. The monoisotopic (exact) mass is 197 g/mol. The predicted octanol–water partition coefficient (Wildman–Crippen LogP) is -0.164. The molecule has 0 aromatic carbocycles. The molecule has 0 bridgehead atoms. The number of amides is 1. The van der Waals surface area contributed by atoms with Gasteiger partial charge < -0.3 is 14.7 Å². The van der Waals surface area contributed by atoms with E-state index in [4.69, 9.17) is 0 Å². The van der Waals surface area contributed by atoms with Crippen LogP contribution < -0.4 is 0 Å². The van der Waals surface area contributed by atoms with Crippen molar-refractivity contribution in [1.82, 2.24) is 14.7 Å². The number of likely N-dealkylation sites (N-methyl/N-ethyl adjacent to an activating group) is 1. The third-order valence-electron chi connectivity index (χ3n) is 2.38. The molecule has 0 spiro atoms. The molecule has 1 fully saturated rings. The van der Waals surface area contributed by atoms with Gasteiger partial charge in [0.05, 0.1) is 6.54 Å². The lowest BCUT2D eigenvalue weighted by molar-refractivity contribution is -0.133. The summed E-state index contributed by atoms with van der Waals surface area (Å²) in [6.07, 6.45) is 1.84. The Kier molecular flexibility index (Phi) is 3.95. The molecule has 4 heteroatoms. The molecule has 0 aliphatic carbocycles. The molecule has 80 valence electrons. The Morgan fingerprint density at radius 3 is 2.36 bits per heavy atom. The molecule has 0 unspecified atom stereocenters. The van der Waals surface area contributed by atoms with Crippen molar-refractivity contribution in [2.45, 2.75) is 0 Å². The number of hydrogen-bond acceptors (Lipinski definition) is 3. The maximum atomic E-state index is 11.6. The molecule has 0 aromatic heterocycles. The Labute approximate surface area is 85.8 Å². The second kappa shape index (κ2) is 5.00. The zero-order valence-corrected chi connectivity index (χ0v) is 9.07. The van der Waals surface area contributed by atoms with Gasteiger partial charge in [-0.05, 0) is 20.3 Å². The van der Waals surface area contributed by atoms with Crippen LogP contribution in [0.1, 0.15) is 0 Å². The number of rotatable bonds is 3. The molecule has 1 amide bonds. The molecule has 1 saturated heterocycles. The fraction of sp³-hybridized carbons (Fsp3) is 0.700. The Balaban J connectivity index is 2.34. The first kappa shape index (κ1) is 11.0. The van der Waals surface area contributed by atoms with Crippen molar-refractivity contribution < 1.29 is 4.79 Å². The summed E-state index contributed by atoms with van der Waals surface area (Å²) >= 11 is 0. The van der Waals surface area contributed by atoms with E-state index in [1.165, 1.54) is 0 Å². The van der Waals surface area contributed by atoms with Gasteiger partial charge in [-0.2, -0.15) is 0 Å². The van der Waals surface area contributed by atoms with E-state index in [1.807, 2.05) is 30.1 Å². The van der Waals surface area contributed by atoms with Crippen LogP contribution in [-0.2, 0) is 4.79 Å². The van der Waals surface area contributed by atoms with E-state index in [0.717, 1.165) is 26.2 Å². The third kappa shape index (κ3) is 3.03. The maximum Gasteiger partial charge on any atom is 0.236 e. The standard InChI is InChI=1S/C10H19N3O/c1-4-12-5-7-13(8-6-12)10(14)9-11(2)3/h4H,1,5-9H2,2-3H3. The molecule has 4 nitrogen and oxygen atoms in total. The Bertz CT molecular complexity index is 207. The van der Waals surface area contributed by atoms with E-state index < -0.39 is 0 Å². The summed E-state index contributed by atoms with van der Waals surface area (Å²) in [6.45, 7) is 7.67. The summed E-state index contributed by atoms with van der Waals surface area (Å²) < 4.78 is 0. The fourth-order valence-electron chi connectivity index (χ4n) is 1.52. The average Bonchev–Trinajstić information content (AvgIpc) is 2.17. The van der Waals surface area contributed by atoms with Crippen molar-refractivity contribution in [3.05, 3.63) is 12.8 Å². The van der Waals surface area contributed by atoms with Gasteiger partial charge in [0.15, 0.2) is 0 Å². The van der Waals surface area contributed by atoms with Crippen molar-refractivity contribution in [2.24, 2.45) is 0 Å². The quantitative estimate of drug-likeness (QED) is 0.629. The van der Waals surface area contributed by atoms with E-state index in [0.29, 0.717) is 6.54 Å². The van der Waals surface area contributed by atoms with Crippen molar-refractivity contribution in [2.75, 3.05) is 46.8 Å². The summed E-state index contributed by atoms with van der Waals surface area (Å²) in [7, 11) is 3.83. The topological polar surface area (TPSA) is 26.8 Å². The number of hydrogen-bond donors (Lipinski definition) is 0. The van der Waals surface area contributed by atoms with Crippen molar-refractivity contribution >= 4 is 5.91 Å². The van der Waals surface area contributed by atoms with Crippen LogP contribution in [0.3, 0.4) is 0 Å². The molecule has 1 rings (SSSR count). The fourth-order valence-corrected chi connectivity index (χ4v) is 1.52. The smallest absolute Gasteiger partial charge is 0.236 e. The SMILES string of the molecule is C=CN1CCN(C(=O)CN(C)C)CC1. The highest BCUT2D eigenvalue weighted by Gasteiger charge is 2.18. The lowest BCUT2D eigenvalue weighted by Gasteiger charge is -2.34. The van der Waals surface area contributed by atoms with Crippen LogP contribution in [0.5, 0.6) is 0 Å². The number of carbonyl (C=O) groups is 1. The van der Waals surface area contributed by atoms with Crippen LogP contribution in [-0.4, -0.2) is 67.4 Å². The zero-order chi connectivity index (χ0) is 10.6. The van der Waals surface area contributed by atoms with Crippen molar-refractivity contribution in [1.29, 1.82) is 0 Å². The van der Waals surface area contributed by atoms with E-state index in [9.17, 15) is 4.79 Å². The van der Waals surface area contributed by atoms with Gasteiger partial charge in [0, 0.05) is 26.2 Å². The molecule has 1 aliphatic rings. The second-order valence-electron chi connectivity index (χ2n) is 3.84. The highest BCUT2D eigenvalue weighted by atomic mass is 16.2. The largest absolute Gasteiger partial charge is 0.374 e. The van der Waals surface area contributed by atoms with Gasteiger partial charge in [-0.1, -0.05) is 6.58 Å². The van der Waals surface area contributed by atoms with Gasteiger partial charge in [0.25, 0.3) is 0 Å². The van der Waals surface area contributed by atoms with E-state index >= 15 is 0 Å². The molecule has 0 aromatic rings. The minimum Gasteiger partial charge on any atom is -0.374 e. The highest BCUT2D eigenvalue weighted by molar-refractivity contribution is 5.78. The van der Waals surface area contributed by atoms with Crippen LogP contribution in [0.15, 0.2) is 12.8 Å². The molecule has 0 N–H and O–H groups in total. The molecule has 1 heterocycles. The van der Waals surface area contributed by atoms with Crippen LogP contribution in [0.25, 0.3) is 0 Å². The Morgan fingerprint density at radius 2 is 1.93 bits per heavy atom. The normalized spacial score (nSPS) is 17.4. The number of nitrogens with zero attached hydrogens (tertiary/aromatic N) is 3. The summed E-state index contributed by atoms with van der Waals surface area (Å²) in [6, 6.07) is 0. The van der Waals surface area contributed by atoms with Crippen molar-refractivity contribution in [3.63, 3.8) is 0 Å². The summed E-state index contributed by atoms with van der Waals surface area (Å²) in [5.74, 6) is 0.221. The first-order valence-corrected chi connectivity index (χ1v) is 4.92. The molecule has 1 aliphatic heterocycles. The lowest BCUT2D eigenvalue weighted by atomic mass is 10.3. The van der Waals surface area contributed by atoms with E-state index in [-0.39, 0.29) is 5.91 Å². The Hall–Kier alpha value is -1.03. The molecule has 0 atom stereocenters. The summed E-state index contributed by atoms with van der Waals surface area (Å²) in [5.41, 5.74) is 0. The van der Waals surface area contributed by atoms with Gasteiger partial charge in [-0.25, -0.2) is 0 Å². The second-order valence-corrected chi connectivity index (χ2v) is 3.84. The first-order chi connectivity index (χ1) is 6.63. The van der Waals surface area contributed by atoms with Crippen LogP contribution >= 0.6 is 0 Å². The van der Waals surface area contributed by atoms with Gasteiger partial charge in [-0.15, -0.1) is 0 Å². The van der Waals surface area contributed by atoms with Crippen LogP contribution in [0.4, 0.5) is 0 Å². The van der Waals surface area contributed by atoms with Gasteiger partial charge in [0.1, 0.15) is 0 Å².